The summed E-state index contributed by atoms with van der Waals surface area (Å²) in [6, 6.07) is 0.337. The first-order valence-electron chi connectivity index (χ1n) is 6.12. The van der Waals surface area contributed by atoms with Crippen molar-refractivity contribution in [3.05, 3.63) is 0 Å². The number of hydrogen-bond donors (Lipinski definition) is 2. The third-order valence-electron chi connectivity index (χ3n) is 3.48. The molecule has 1 unspecified atom stereocenters. The minimum atomic E-state index is -0.403. The molecule has 1 saturated heterocycles. The molecule has 0 aromatic heterocycles. The minimum Gasteiger partial charge on any atom is -0.444 e. The van der Waals surface area contributed by atoms with Crippen LogP contribution in [0.5, 0.6) is 0 Å². The van der Waals surface area contributed by atoms with Gasteiger partial charge in [-0.3, -0.25) is 0 Å². The van der Waals surface area contributed by atoms with E-state index in [9.17, 15) is 4.79 Å². The quantitative estimate of drug-likeness (QED) is 0.715. The van der Waals surface area contributed by atoms with Crippen molar-refractivity contribution in [1.29, 1.82) is 0 Å². The summed E-state index contributed by atoms with van der Waals surface area (Å²) < 4.78 is 5.26. The lowest BCUT2D eigenvalue weighted by Gasteiger charge is -2.24. The van der Waals surface area contributed by atoms with Crippen molar-refractivity contribution in [1.82, 2.24) is 10.6 Å². The molecule has 1 aliphatic carbocycles. The van der Waals surface area contributed by atoms with E-state index in [0.29, 0.717) is 11.5 Å². The highest BCUT2D eigenvalue weighted by atomic mass is 16.6. The number of ether oxygens (including phenoxy) is 1. The maximum Gasteiger partial charge on any atom is 0.407 e. The van der Waals surface area contributed by atoms with Crippen molar-refractivity contribution in [3.63, 3.8) is 0 Å². The van der Waals surface area contributed by atoms with Gasteiger partial charge in [-0.25, -0.2) is 4.79 Å². The van der Waals surface area contributed by atoms with E-state index in [1.54, 1.807) is 0 Å². The molecule has 1 aliphatic heterocycles. The summed E-state index contributed by atoms with van der Waals surface area (Å²) >= 11 is 0. The molecular formula is C12H22N2O2. The topological polar surface area (TPSA) is 50.4 Å². The van der Waals surface area contributed by atoms with Gasteiger partial charge in [0.2, 0.25) is 0 Å². The zero-order valence-electron chi connectivity index (χ0n) is 10.4. The largest absolute Gasteiger partial charge is 0.444 e. The van der Waals surface area contributed by atoms with Gasteiger partial charge in [-0.15, -0.1) is 0 Å². The first-order valence-corrected chi connectivity index (χ1v) is 6.12. The molecule has 2 rings (SSSR count). The predicted molar refractivity (Wildman–Crippen MR) is 62.3 cm³/mol. The van der Waals surface area contributed by atoms with Crippen LogP contribution in [-0.2, 0) is 4.74 Å². The van der Waals surface area contributed by atoms with E-state index in [2.05, 4.69) is 10.6 Å². The lowest BCUT2D eigenvalue weighted by Crippen LogP contribution is -2.38. The van der Waals surface area contributed by atoms with Crippen LogP contribution in [0.15, 0.2) is 0 Å². The van der Waals surface area contributed by atoms with Crippen LogP contribution in [0.2, 0.25) is 0 Å². The Morgan fingerprint density at radius 3 is 2.56 bits per heavy atom. The Balaban J connectivity index is 1.78. The van der Waals surface area contributed by atoms with Crippen molar-refractivity contribution in [3.8, 4) is 0 Å². The van der Waals surface area contributed by atoms with Crippen LogP contribution >= 0.6 is 0 Å². The van der Waals surface area contributed by atoms with Crippen LogP contribution in [0.1, 0.15) is 40.0 Å². The second-order valence-electron chi connectivity index (χ2n) is 6.02. The van der Waals surface area contributed by atoms with Gasteiger partial charge in [0, 0.05) is 6.04 Å². The second-order valence-corrected chi connectivity index (χ2v) is 6.02. The molecular weight excluding hydrogens is 204 g/mol. The summed E-state index contributed by atoms with van der Waals surface area (Å²) in [4.78, 5) is 11.6. The average Bonchev–Trinajstić information content (AvgIpc) is 2.75. The normalized spacial score (nSPS) is 27.6. The zero-order valence-corrected chi connectivity index (χ0v) is 10.4. The van der Waals surface area contributed by atoms with Gasteiger partial charge >= 0.3 is 6.09 Å². The summed E-state index contributed by atoms with van der Waals surface area (Å²) in [7, 11) is 0. The Morgan fingerprint density at radius 1 is 1.38 bits per heavy atom. The summed E-state index contributed by atoms with van der Waals surface area (Å²) in [5.74, 6) is 0. The van der Waals surface area contributed by atoms with E-state index in [-0.39, 0.29) is 6.09 Å². The SMILES string of the molecule is CC(C)(C)OC(=O)NC1CC12CCNCC2. The third kappa shape index (κ3) is 2.67. The molecule has 16 heavy (non-hydrogen) atoms. The molecule has 0 bridgehead atoms. The Hall–Kier alpha value is -0.770. The van der Waals surface area contributed by atoms with E-state index < -0.39 is 5.60 Å². The van der Waals surface area contributed by atoms with E-state index in [0.717, 1.165) is 19.5 Å². The molecule has 2 aliphatic rings. The minimum absolute atomic E-state index is 0.270. The Kier molecular flexibility index (Phi) is 2.86. The smallest absolute Gasteiger partial charge is 0.407 e. The van der Waals surface area contributed by atoms with Crippen LogP contribution < -0.4 is 10.6 Å². The molecule has 1 spiro atoms. The number of rotatable bonds is 1. The molecule has 0 aromatic carbocycles. The van der Waals surface area contributed by atoms with Gasteiger partial charge in [-0.05, 0) is 58.5 Å². The second kappa shape index (κ2) is 3.91. The maximum absolute atomic E-state index is 11.6. The number of amides is 1. The predicted octanol–water partition coefficient (Wildman–Crippen LogP) is 1.65. The number of nitrogens with one attached hydrogen (secondary N) is 2. The summed E-state index contributed by atoms with van der Waals surface area (Å²) in [6.07, 6.45) is 3.20. The number of carbonyl (C=O) groups excluding carboxylic acids is 1. The molecule has 2 N–H and O–H groups in total. The Labute approximate surface area is 97.1 Å². The van der Waals surface area contributed by atoms with Crippen LogP contribution in [0.25, 0.3) is 0 Å². The fraction of sp³-hybridized carbons (Fsp3) is 0.917. The summed E-state index contributed by atoms with van der Waals surface area (Å²) in [6.45, 7) is 7.82. The van der Waals surface area contributed by atoms with Crippen LogP contribution in [0.4, 0.5) is 4.79 Å². The van der Waals surface area contributed by atoms with Gasteiger partial charge in [-0.2, -0.15) is 0 Å². The van der Waals surface area contributed by atoms with Gasteiger partial charge in [-0.1, -0.05) is 0 Å². The molecule has 1 heterocycles. The Bertz CT molecular complexity index is 277. The van der Waals surface area contributed by atoms with Crippen molar-refractivity contribution in [2.45, 2.75) is 51.7 Å². The number of alkyl carbamates (subject to hydrolysis) is 1. The number of piperidine rings is 1. The van der Waals surface area contributed by atoms with E-state index in [1.807, 2.05) is 20.8 Å². The lowest BCUT2D eigenvalue weighted by atomic mass is 9.94. The standard InChI is InChI=1S/C12H22N2O2/c1-11(2,3)16-10(15)14-9-8-12(9)4-6-13-7-5-12/h9,13H,4-8H2,1-3H3,(H,14,15). The van der Waals surface area contributed by atoms with Crippen molar-refractivity contribution in [2.24, 2.45) is 5.41 Å². The van der Waals surface area contributed by atoms with E-state index >= 15 is 0 Å². The number of hydrogen-bond acceptors (Lipinski definition) is 3. The van der Waals surface area contributed by atoms with Gasteiger partial charge in [0.05, 0.1) is 0 Å². The molecule has 1 atom stereocenters. The van der Waals surface area contributed by atoms with E-state index in [1.165, 1.54) is 12.8 Å². The average molecular weight is 226 g/mol. The van der Waals surface area contributed by atoms with Crippen molar-refractivity contribution >= 4 is 6.09 Å². The van der Waals surface area contributed by atoms with Crippen LogP contribution in [-0.4, -0.2) is 30.8 Å². The highest BCUT2D eigenvalue weighted by molar-refractivity contribution is 5.68. The molecule has 1 amide bonds. The van der Waals surface area contributed by atoms with E-state index in [4.69, 9.17) is 4.74 Å². The zero-order chi connectivity index (χ0) is 11.8. The first-order chi connectivity index (χ1) is 7.41. The summed E-state index contributed by atoms with van der Waals surface area (Å²) in [5.41, 5.74) is -0.0254. The highest BCUT2D eigenvalue weighted by Gasteiger charge is 2.54. The highest BCUT2D eigenvalue weighted by Crippen LogP contribution is 2.52. The maximum atomic E-state index is 11.6. The molecule has 2 fully saturated rings. The molecule has 92 valence electrons. The summed E-state index contributed by atoms with van der Waals surface area (Å²) in [5, 5.41) is 6.33. The van der Waals surface area contributed by atoms with Crippen LogP contribution in [0.3, 0.4) is 0 Å². The fourth-order valence-corrected chi connectivity index (χ4v) is 2.48. The third-order valence-corrected chi connectivity index (χ3v) is 3.48. The number of carbonyl (C=O) groups is 1. The van der Waals surface area contributed by atoms with Crippen LogP contribution in [0, 0.1) is 5.41 Å². The molecule has 0 aromatic rings. The monoisotopic (exact) mass is 226 g/mol. The van der Waals surface area contributed by atoms with Gasteiger partial charge in [0.25, 0.3) is 0 Å². The van der Waals surface area contributed by atoms with Gasteiger partial charge in [0.15, 0.2) is 0 Å². The van der Waals surface area contributed by atoms with Gasteiger partial charge in [0.1, 0.15) is 5.60 Å². The van der Waals surface area contributed by atoms with Gasteiger partial charge < -0.3 is 15.4 Å². The molecule has 4 heteroatoms. The van der Waals surface area contributed by atoms with Crippen molar-refractivity contribution in [2.75, 3.05) is 13.1 Å². The first kappa shape index (κ1) is 11.7. The van der Waals surface area contributed by atoms with Crippen molar-refractivity contribution < 1.29 is 9.53 Å². The molecule has 0 radical (unpaired) electrons. The molecule has 1 saturated carbocycles. The Morgan fingerprint density at radius 2 is 2.00 bits per heavy atom. The fourth-order valence-electron chi connectivity index (χ4n) is 2.48. The molecule has 4 nitrogen and oxygen atoms in total. The lowest BCUT2D eigenvalue weighted by molar-refractivity contribution is 0.0513.